The molecule has 0 radical (unpaired) electrons. The van der Waals surface area contributed by atoms with E-state index in [4.69, 9.17) is 9.47 Å². The maximum absolute atomic E-state index is 12.3. The van der Waals surface area contributed by atoms with Gasteiger partial charge in [-0.25, -0.2) is 4.79 Å². The van der Waals surface area contributed by atoms with Gasteiger partial charge < -0.3 is 14.4 Å². The molecule has 6 nitrogen and oxygen atoms in total. The quantitative estimate of drug-likeness (QED) is 0.780. The molecule has 124 valence electrons. The molecule has 0 saturated carbocycles. The molecule has 0 spiro atoms. The van der Waals surface area contributed by atoms with Gasteiger partial charge >= 0.3 is 12.1 Å². The molecule has 1 amide bonds. The van der Waals surface area contributed by atoms with Gasteiger partial charge in [0, 0.05) is 32.6 Å². The standard InChI is InChI=1S/C17H22N2O4/c1-13-12-15(16(20)22-13)18-8-5-9-19(11-10-18)17(21)23-14-6-3-2-4-7-14/h2-4,6-7,13,15H,5,8-12H2,1H3/t13-,15+/m1/s1. The first-order valence-electron chi connectivity index (χ1n) is 8.10. The lowest BCUT2D eigenvalue weighted by atomic mass is 10.1. The normalized spacial score (nSPS) is 25.8. The summed E-state index contributed by atoms with van der Waals surface area (Å²) in [4.78, 5) is 28.0. The SMILES string of the molecule is C[C@@H]1C[C@H](N2CCCN(C(=O)Oc3ccccc3)CC2)C(=O)O1. The number of ether oxygens (including phenoxy) is 2. The van der Waals surface area contributed by atoms with Crippen molar-refractivity contribution in [3.63, 3.8) is 0 Å². The predicted octanol–water partition coefficient (Wildman–Crippen LogP) is 1.90. The third kappa shape index (κ3) is 3.82. The van der Waals surface area contributed by atoms with Crippen LogP contribution in [0.3, 0.4) is 0 Å². The van der Waals surface area contributed by atoms with Crippen LogP contribution in [0, 0.1) is 0 Å². The Kier molecular flexibility index (Phi) is 4.81. The topological polar surface area (TPSA) is 59.1 Å². The Hall–Kier alpha value is -2.08. The second-order valence-corrected chi connectivity index (χ2v) is 6.06. The molecule has 2 fully saturated rings. The van der Waals surface area contributed by atoms with Crippen LogP contribution in [0.1, 0.15) is 19.8 Å². The summed E-state index contributed by atoms with van der Waals surface area (Å²) in [6.07, 6.45) is 1.20. The second kappa shape index (κ2) is 7.00. The van der Waals surface area contributed by atoms with Crippen molar-refractivity contribution in [3.8, 4) is 5.75 Å². The third-order valence-corrected chi connectivity index (χ3v) is 4.32. The van der Waals surface area contributed by atoms with E-state index >= 15 is 0 Å². The lowest BCUT2D eigenvalue weighted by molar-refractivity contribution is -0.144. The van der Waals surface area contributed by atoms with Gasteiger partial charge in [-0.15, -0.1) is 0 Å². The Bertz CT molecular complexity index is 563. The number of hydrogen-bond donors (Lipinski definition) is 0. The number of esters is 1. The van der Waals surface area contributed by atoms with E-state index in [1.54, 1.807) is 17.0 Å². The number of carbonyl (C=O) groups excluding carboxylic acids is 2. The van der Waals surface area contributed by atoms with Crippen molar-refractivity contribution in [3.05, 3.63) is 30.3 Å². The summed E-state index contributed by atoms with van der Waals surface area (Å²) in [6.45, 7) is 4.57. The van der Waals surface area contributed by atoms with E-state index < -0.39 is 0 Å². The van der Waals surface area contributed by atoms with Crippen LogP contribution < -0.4 is 4.74 Å². The fourth-order valence-electron chi connectivity index (χ4n) is 3.12. The number of amides is 1. The Morgan fingerprint density at radius 1 is 1.17 bits per heavy atom. The van der Waals surface area contributed by atoms with Crippen LogP contribution in [0.2, 0.25) is 0 Å². The highest BCUT2D eigenvalue weighted by Crippen LogP contribution is 2.21. The predicted molar refractivity (Wildman–Crippen MR) is 84.2 cm³/mol. The lowest BCUT2D eigenvalue weighted by Gasteiger charge is -2.24. The third-order valence-electron chi connectivity index (χ3n) is 4.32. The van der Waals surface area contributed by atoms with Crippen LogP contribution in [0.4, 0.5) is 4.79 Å². The average molecular weight is 318 g/mol. The van der Waals surface area contributed by atoms with Crippen LogP contribution in [0.25, 0.3) is 0 Å². The van der Waals surface area contributed by atoms with E-state index in [9.17, 15) is 9.59 Å². The van der Waals surface area contributed by atoms with Crippen molar-refractivity contribution in [2.45, 2.75) is 31.9 Å². The van der Waals surface area contributed by atoms with Gasteiger partial charge in [-0.2, -0.15) is 0 Å². The Morgan fingerprint density at radius 2 is 1.96 bits per heavy atom. The molecule has 2 heterocycles. The molecule has 0 N–H and O–H groups in total. The van der Waals surface area contributed by atoms with Crippen LogP contribution in [-0.2, 0) is 9.53 Å². The largest absolute Gasteiger partial charge is 0.461 e. The molecule has 2 saturated heterocycles. The number of carbonyl (C=O) groups is 2. The van der Waals surface area contributed by atoms with Gasteiger partial charge in [0.15, 0.2) is 0 Å². The minimum atomic E-state index is -0.333. The highest BCUT2D eigenvalue weighted by atomic mass is 16.6. The summed E-state index contributed by atoms with van der Waals surface area (Å²) in [5.41, 5.74) is 0. The molecular formula is C17H22N2O4. The van der Waals surface area contributed by atoms with E-state index in [2.05, 4.69) is 4.90 Å². The van der Waals surface area contributed by atoms with E-state index in [1.165, 1.54) is 0 Å². The van der Waals surface area contributed by atoms with Crippen molar-refractivity contribution in [1.82, 2.24) is 9.80 Å². The average Bonchev–Trinajstić information content (AvgIpc) is 2.75. The van der Waals surface area contributed by atoms with Gasteiger partial charge in [0.25, 0.3) is 0 Å². The molecular weight excluding hydrogens is 296 g/mol. The van der Waals surface area contributed by atoms with E-state index in [1.807, 2.05) is 25.1 Å². The smallest absolute Gasteiger partial charge is 0.415 e. The Labute approximate surface area is 136 Å². The first-order valence-corrected chi connectivity index (χ1v) is 8.10. The number of para-hydroxylation sites is 1. The number of hydrogen-bond acceptors (Lipinski definition) is 5. The van der Waals surface area contributed by atoms with Crippen LogP contribution in [0.15, 0.2) is 30.3 Å². The van der Waals surface area contributed by atoms with Crippen LogP contribution >= 0.6 is 0 Å². The van der Waals surface area contributed by atoms with Gasteiger partial charge in [-0.3, -0.25) is 9.69 Å². The summed E-state index contributed by atoms with van der Waals surface area (Å²) in [5, 5.41) is 0. The maximum atomic E-state index is 12.3. The number of nitrogens with zero attached hydrogens (tertiary/aromatic N) is 2. The van der Waals surface area contributed by atoms with Gasteiger partial charge in [-0.05, 0) is 25.5 Å². The molecule has 3 rings (SSSR count). The van der Waals surface area contributed by atoms with Gasteiger partial charge in [0.2, 0.25) is 0 Å². The number of benzene rings is 1. The van der Waals surface area contributed by atoms with Gasteiger partial charge in [0.05, 0.1) is 0 Å². The molecule has 2 atom stereocenters. The molecule has 2 aliphatic heterocycles. The molecule has 6 heteroatoms. The number of rotatable bonds is 2. The molecule has 0 bridgehead atoms. The first kappa shape index (κ1) is 15.8. The molecule has 23 heavy (non-hydrogen) atoms. The summed E-state index contributed by atoms with van der Waals surface area (Å²) in [6, 6.07) is 8.90. The Morgan fingerprint density at radius 3 is 2.65 bits per heavy atom. The van der Waals surface area contributed by atoms with E-state index in [0.717, 1.165) is 19.4 Å². The van der Waals surface area contributed by atoms with E-state index in [0.29, 0.717) is 25.4 Å². The molecule has 1 aromatic rings. The van der Waals surface area contributed by atoms with Crippen LogP contribution in [0.5, 0.6) is 5.75 Å². The molecule has 0 aliphatic carbocycles. The summed E-state index contributed by atoms with van der Waals surface area (Å²) in [7, 11) is 0. The van der Waals surface area contributed by atoms with Gasteiger partial charge in [0.1, 0.15) is 17.9 Å². The van der Waals surface area contributed by atoms with Crippen molar-refractivity contribution >= 4 is 12.1 Å². The van der Waals surface area contributed by atoms with Crippen molar-refractivity contribution in [2.75, 3.05) is 26.2 Å². The zero-order valence-corrected chi connectivity index (χ0v) is 13.3. The van der Waals surface area contributed by atoms with Gasteiger partial charge in [-0.1, -0.05) is 18.2 Å². The lowest BCUT2D eigenvalue weighted by Crippen LogP contribution is -2.42. The zero-order chi connectivity index (χ0) is 16.2. The Balaban J connectivity index is 1.56. The highest BCUT2D eigenvalue weighted by Gasteiger charge is 2.37. The fourth-order valence-corrected chi connectivity index (χ4v) is 3.12. The maximum Gasteiger partial charge on any atom is 0.415 e. The monoisotopic (exact) mass is 318 g/mol. The van der Waals surface area contributed by atoms with Crippen molar-refractivity contribution < 1.29 is 19.1 Å². The van der Waals surface area contributed by atoms with E-state index in [-0.39, 0.29) is 24.2 Å². The van der Waals surface area contributed by atoms with Crippen molar-refractivity contribution in [2.24, 2.45) is 0 Å². The highest BCUT2D eigenvalue weighted by molar-refractivity contribution is 5.78. The summed E-state index contributed by atoms with van der Waals surface area (Å²) < 4.78 is 10.6. The molecule has 0 aromatic heterocycles. The van der Waals surface area contributed by atoms with Crippen molar-refractivity contribution in [1.29, 1.82) is 0 Å². The second-order valence-electron chi connectivity index (χ2n) is 6.06. The number of cyclic esters (lactones) is 1. The minimum absolute atomic E-state index is 0.0186. The fraction of sp³-hybridized carbons (Fsp3) is 0.529. The minimum Gasteiger partial charge on any atom is -0.461 e. The molecule has 1 aromatic carbocycles. The summed E-state index contributed by atoms with van der Waals surface area (Å²) >= 11 is 0. The molecule has 2 aliphatic rings. The molecule has 0 unspecified atom stereocenters. The zero-order valence-electron chi connectivity index (χ0n) is 13.3. The van der Waals surface area contributed by atoms with Crippen LogP contribution in [-0.4, -0.2) is 60.2 Å². The first-order chi connectivity index (χ1) is 11.1. The summed E-state index contributed by atoms with van der Waals surface area (Å²) in [5.74, 6) is 0.407.